The van der Waals surface area contributed by atoms with Crippen molar-refractivity contribution in [2.45, 2.75) is 0 Å². The summed E-state index contributed by atoms with van der Waals surface area (Å²) in [6, 6.07) is 13.1. The normalized spacial score (nSPS) is 12.9. The van der Waals surface area contributed by atoms with Gasteiger partial charge in [0.15, 0.2) is 12.4 Å². The number of carbonyl (C=O) groups is 4. The summed E-state index contributed by atoms with van der Waals surface area (Å²) in [5, 5.41) is 0. The van der Waals surface area contributed by atoms with Crippen LogP contribution in [-0.2, 0) is 9.53 Å². The monoisotopic (exact) mass is 401 g/mol. The van der Waals surface area contributed by atoms with Crippen molar-refractivity contribution in [3.05, 3.63) is 69.7 Å². The third-order valence-corrected chi connectivity index (χ3v) is 4.17. The zero-order valence-corrected chi connectivity index (χ0v) is 14.5. The summed E-state index contributed by atoms with van der Waals surface area (Å²) in [5.41, 5.74) is 0.884. The van der Waals surface area contributed by atoms with Crippen LogP contribution in [-0.4, -0.2) is 41.6 Å². The second-order valence-corrected chi connectivity index (χ2v) is 6.25. The van der Waals surface area contributed by atoms with Crippen molar-refractivity contribution in [1.29, 1.82) is 0 Å². The predicted octanol–water partition coefficient (Wildman–Crippen LogP) is 2.47. The first-order chi connectivity index (χ1) is 12.0. The second kappa shape index (κ2) is 6.98. The van der Waals surface area contributed by atoms with Crippen LogP contribution in [0.15, 0.2) is 53.0 Å². The van der Waals surface area contributed by atoms with Gasteiger partial charge < -0.3 is 4.74 Å². The van der Waals surface area contributed by atoms with Crippen molar-refractivity contribution in [1.82, 2.24) is 4.90 Å². The fourth-order valence-electron chi connectivity index (χ4n) is 2.43. The second-order valence-electron chi connectivity index (χ2n) is 5.34. The van der Waals surface area contributed by atoms with Crippen molar-refractivity contribution >= 4 is 39.5 Å². The number of hydrogen-bond acceptors (Lipinski definition) is 5. The number of Topliss-reactive ketones (excluding diaryl/α,β-unsaturated/α-hetero) is 1. The number of hydrogen-bond donors (Lipinski definition) is 0. The molecule has 0 aliphatic carbocycles. The molecule has 1 heterocycles. The third-order valence-electron chi connectivity index (χ3n) is 3.68. The number of amides is 2. The van der Waals surface area contributed by atoms with E-state index in [1.807, 2.05) is 0 Å². The van der Waals surface area contributed by atoms with Crippen LogP contribution in [0, 0.1) is 0 Å². The first-order valence-electron chi connectivity index (χ1n) is 7.37. The summed E-state index contributed by atoms with van der Waals surface area (Å²) < 4.78 is 5.55. The molecule has 0 radical (unpaired) electrons. The minimum absolute atomic E-state index is 0.229. The van der Waals surface area contributed by atoms with Gasteiger partial charge in [-0.25, -0.2) is 0 Å². The van der Waals surface area contributed by atoms with E-state index in [0.717, 1.165) is 4.90 Å². The first-order valence-corrected chi connectivity index (χ1v) is 8.16. The lowest BCUT2D eigenvalue weighted by Crippen LogP contribution is -2.36. The van der Waals surface area contributed by atoms with E-state index in [2.05, 4.69) is 15.9 Å². The van der Waals surface area contributed by atoms with Gasteiger partial charge in [-0.3, -0.25) is 24.1 Å². The molecule has 2 amide bonds. The van der Waals surface area contributed by atoms with Crippen LogP contribution < -0.4 is 0 Å². The summed E-state index contributed by atoms with van der Waals surface area (Å²) in [7, 11) is 0. The number of fused-ring (bicyclic) bond motifs is 1. The highest BCUT2D eigenvalue weighted by molar-refractivity contribution is 9.10. The Kier molecular flexibility index (Phi) is 4.76. The number of rotatable bonds is 5. The number of benzene rings is 2. The molecular weight excluding hydrogens is 390 g/mol. The molecule has 6 nitrogen and oxygen atoms in total. The Hall–Kier alpha value is -2.80. The Labute approximate surface area is 151 Å². The van der Waals surface area contributed by atoms with E-state index >= 15 is 0 Å². The van der Waals surface area contributed by atoms with E-state index < -0.39 is 30.9 Å². The summed E-state index contributed by atoms with van der Waals surface area (Å²) in [4.78, 5) is 49.1. The van der Waals surface area contributed by atoms with Gasteiger partial charge in [0.1, 0.15) is 6.54 Å². The highest BCUT2D eigenvalue weighted by atomic mass is 79.9. The van der Waals surface area contributed by atoms with Crippen molar-refractivity contribution < 1.29 is 23.9 Å². The zero-order valence-electron chi connectivity index (χ0n) is 12.9. The molecule has 25 heavy (non-hydrogen) atoms. The average molecular weight is 402 g/mol. The fourth-order valence-corrected chi connectivity index (χ4v) is 2.80. The predicted molar refractivity (Wildman–Crippen MR) is 91.2 cm³/mol. The van der Waals surface area contributed by atoms with Gasteiger partial charge in [0, 0.05) is 10.0 Å². The summed E-state index contributed by atoms with van der Waals surface area (Å²) >= 11 is 3.23. The fraction of sp³-hybridized carbons (Fsp3) is 0.111. The smallest absolute Gasteiger partial charge is 0.326 e. The standard InChI is InChI=1S/C18H12BrNO5/c19-12-6-7-13-14(8-12)18(24)20(17(13)23)9-16(22)25-10-15(21)11-4-2-1-3-5-11/h1-8H,9-10H2. The molecule has 0 saturated heterocycles. The highest BCUT2D eigenvalue weighted by Gasteiger charge is 2.37. The summed E-state index contributed by atoms with van der Waals surface area (Å²) in [5.74, 6) is -2.30. The first kappa shape index (κ1) is 17.0. The van der Waals surface area contributed by atoms with E-state index in [1.165, 1.54) is 12.1 Å². The molecule has 0 N–H and O–H groups in total. The molecule has 0 aromatic heterocycles. The van der Waals surface area contributed by atoms with Crippen LogP contribution in [0.2, 0.25) is 0 Å². The number of nitrogens with zero attached hydrogens (tertiary/aromatic N) is 1. The molecule has 3 rings (SSSR count). The summed E-state index contributed by atoms with van der Waals surface area (Å²) in [6.07, 6.45) is 0. The Morgan fingerprint density at radius 1 is 0.960 bits per heavy atom. The molecule has 0 atom stereocenters. The van der Waals surface area contributed by atoms with E-state index in [0.29, 0.717) is 10.0 Å². The van der Waals surface area contributed by atoms with Crippen molar-refractivity contribution in [2.24, 2.45) is 0 Å². The number of ether oxygens (including phenoxy) is 1. The Bertz CT molecular complexity index is 878. The molecule has 0 fully saturated rings. The van der Waals surface area contributed by atoms with Gasteiger partial charge in [-0.1, -0.05) is 46.3 Å². The van der Waals surface area contributed by atoms with Gasteiger partial charge in [-0.2, -0.15) is 0 Å². The van der Waals surface area contributed by atoms with Crippen molar-refractivity contribution in [3.8, 4) is 0 Å². The Morgan fingerprint density at radius 3 is 2.36 bits per heavy atom. The lowest BCUT2D eigenvalue weighted by Gasteiger charge is -2.12. The topological polar surface area (TPSA) is 80.8 Å². The van der Waals surface area contributed by atoms with Gasteiger partial charge in [0.05, 0.1) is 11.1 Å². The highest BCUT2D eigenvalue weighted by Crippen LogP contribution is 2.25. The minimum Gasteiger partial charge on any atom is -0.456 e. The molecule has 0 unspecified atom stereocenters. The largest absolute Gasteiger partial charge is 0.456 e. The lowest BCUT2D eigenvalue weighted by atomic mass is 10.1. The van der Waals surface area contributed by atoms with Crippen molar-refractivity contribution in [3.63, 3.8) is 0 Å². The van der Waals surface area contributed by atoms with Gasteiger partial charge in [0.25, 0.3) is 11.8 Å². The molecule has 0 bridgehead atoms. The van der Waals surface area contributed by atoms with Crippen molar-refractivity contribution in [2.75, 3.05) is 13.2 Å². The van der Waals surface area contributed by atoms with Gasteiger partial charge >= 0.3 is 5.97 Å². The molecule has 0 saturated carbocycles. The molecule has 1 aliphatic heterocycles. The maximum Gasteiger partial charge on any atom is 0.326 e. The molecule has 0 spiro atoms. The molecular formula is C18H12BrNO5. The number of esters is 1. The van der Waals surface area contributed by atoms with Crippen LogP contribution in [0.5, 0.6) is 0 Å². The van der Waals surface area contributed by atoms with Crippen LogP contribution >= 0.6 is 15.9 Å². The van der Waals surface area contributed by atoms with Gasteiger partial charge in [0.2, 0.25) is 0 Å². The van der Waals surface area contributed by atoms with Crippen LogP contribution in [0.3, 0.4) is 0 Å². The molecule has 7 heteroatoms. The average Bonchev–Trinajstić information content (AvgIpc) is 2.85. The van der Waals surface area contributed by atoms with E-state index in [1.54, 1.807) is 36.4 Å². The van der Waals surface area contributed by atoms with Gasteiger partial charge in [-0.05, 0) is 18.2 Å². The maximum atomic E-state index is 12.3. The van der Waals surface area contributed by atoms with Crippen LogP contribution in [0.4, 0.5) is 0 Å². The van der Waals surface area contributed by atoms with Crippen LogP contribution in [0.25, 0.3) is 0 Å². The van der Waals surface area contributed by atoms with Crippen LogP contribution in [0.1, 0.15) is 31.1 Å². The molecule has 126 valence electrons. The molecule has 1 aliphatic rings. The lowest BCUT2D eigenvalue weighted by molar-refractivity contribution is -0.142. The quantitative estimate of drug-likeness (QED) is 0.436. The molecule has 2 aromatic rings. The van der Waals surface area contributed by atoms with E-state index in [-0.39, 0.29) is 16.9 Å². The zero-order chi connectivity index (χ0) is 18.0. The molecule has 2 aromatic carbocycles. The van der Waals surface area contributed by atoms with E-state index in [4.69, 9.17) is 4.74 Å². The maximum absolute atomic E-state index is 12.3. The minimum atomic E-state index is -0.821. The summed E-state index contributed by atoms with van der Waals surface area (Å²) in [6.45, 7) is -0.983. The Balaban J connectivity index is 1.61. The number of carbonyl (C=O) groups excluding carboxylic acids is 4. The Morgan fingerprint density at radius 2 is 1.64 bits per heavy atom. The number of halogens is 1. The number of ketones is 1. The number of imide groups is 1. The third kappa shape index (κ3) is 3.51. The SMILES string of the molecule is O=C(CN1C(=O)c2ccc(Br)cc2C1=O)OCC(=O)c1ccccc1. The van der Waals surface area contributed by atoms with Gasteiger partial charge in [-0.15, -0.1) is 0 Å². The van der Waals surface area contributed by atoms with E-state index in [9.17, 15) is 19.2 Å².